The SMILES string of the molecule is O=C(O)c1cccc(Br)c1N1C(=O)C2CCCC2C1=O. The second-order valence-electron chi connectivity index (χ2n) is 5.10. The van der Waals surface area contributed by atoms with Gasteiger partial charge in [-0.15, -0.1) is 0 Å². The van der Waals surface area contributed by atoms with Crippen molar-refractivity contribution in [1.29, 1.82) is 0 Å². The third-order valence-corrected chi connectivity index (χ3v) is 4.67. The van der Waals surface area contributed by atoms with Crippen LogP contribution in [0.5, 0.6) is 0 Å². The first-order chi connectivity index (χ1) is 9.52. The number of fused-ring (bicyclic) bond motifs is 1. The van der Waals surface area contributed by atoms with Gasteiger partial charge in [0, 0.05) is 4.47 Å². The Labute approximate surface area is 123 Å². The fourth-order valence-corrected chi connectivity index (χ4v) is 3.67. The van der Waals surface area contributed by atoms with Gasteiger partial charge >= 0.3 is 5.97 Å². The first-order valence-electron chi connectivity index (χ1n) is 6.42. The van der Waals surface area contributed by atoms with Gasteiger partial charge in [-0.2, -0.15) is 0 Å². The molecular formula is C14H12BrNO4. The molecule has 1 aromatic carbocycles. The van der Waals surface area contributed by atoms with E-state index in [1.807, 2.05) is 0 Å². The zero-order valence-corrected chi connectivity index (χ0v) is 12.1. The third kappa shape index (κ3) is 1.78. The van der Waals surface area contributed by atoms with E-state index in [0.29, 0.717) is 17.3 Å². The molecule has 0 spiro atoms. The van der Waals surface area contributed by atoms with Crippen molar-refractivity contribution in [2.24, 2.45) is 11.8 Å². The van der Waals surface area contributed by atoms with Crippen LogP contribution in [0, 0.1) is 11.8 Å². The number of amides is 2. The lowest BCUT2D eigenvalue weighted by atomic mass is 10.00. The average Bonchev–Trinajstić information content (AvgIpc) is 2.96. The van der Waals surface area contributed by atoms with Crippen LogP contribution >= 0.6 is 15.9 Å². The fraction of sp³-hybridized carbons (Fsp3) is 0.357. The first-order valence-corrected chi connectivity index (χ1v) is 7.21. The molecule has 1 saturated carbocycles. The van der Waals surface area contributed by atoms with E-state index < -0.39 is 5.97 Å². The third-order valence-electron chi connectivity index (χ3n) is 4.03. The summed E-state index contributed by atoms with van der Waals surface area (Å²) in [6.45, 7) is 0. The number of carboxylic acid groups (broad SMARTS) is 1. The number of benzene rings is 1. The van der Waals surface area contributed by atoms with Gasteiger partial charge in [0.05, 0.1) is 23.1 Å². The van der Waals surface area contributed by atoms with Crippen molar-refractivity contribution < 1.29 is 19.5 Å². The monoisotopic (exact) mass is 337 g/mol. The maximum Gasteiger partial charge on any atom is 0.337 e. The van der Waals surface area contributed by atoms with Crippen LogP contribution in [0.25, 0.3) is 0 Å². The molecule has 3 rings (SSSR count). The molecule has 1 N–H and O–H groups in total. The molecule has 104 valence electrons. The molecule has 0 aromatic heterocycles. The molecule has 1 aliphatic heterocycles. The highest BCUT2D eigenvalue weighted by atomic mass is 79.9. The Morgan fingerprint density at radius 2 is 1.80 bits per heavy atom. The summed E-state index contributed by atoms with van der Waals surface area (Å²) in [6.07, 6.45) is 2.29. The quantitative estimate of drug-likeness (QED) is 0.841. The minimum Gasteiger partial charge on any atom is -0.478 e. The van der Waals surface area contributed by atoms with E-state index in [9.17, 15) is 19.5 Å². The second-order valence-corrected chi connectivity index (χ2v) is 5.95. The van der Waals surface area contributed by atoms with Gasteiger partial charge in [-0.25, -0.2) is 9.69 Å². The van der Waals surface area contributed by atoms with E-state index in [-0.39, 0.29) is 34.9 Å². The minimum absolute atomic E-state index is 0.0407. The van der Waals surface area contributed by atoms with Gasteiger partial charge in [0.15, 0.2) is 0 Å². The number of para-hydroxylation sites is 1. The topological polar surface area (TPSA) is 74.7 Å². The zero-order chi connectivity index (χ0) is 14.4. The summed E-state index contributed by atoms with van der Waals surface area (Å²) in [5.41, 5.74) is 0.116. The molecule has 2 unspecified atom stereocenters. The summed E-state index contributed by atoms with van der Waals surface area (Å²) in [5, 5.41) is 9.26. The van der Waals surface area contributed by atoms with Crippen LogP contribution in [0.1, 0.15) is 29.6 Å². The zero-order valence-electron chi connectivity index (χ0n) is 10.5. The standard InChI is InChI=1S/C14H12BrNO4/c15-10-6-2-5-9(14(19)20)11(10)16-12(17)7-3-1-4-8(7)13(16)18/h2,5-8H,1,3-4H2,(H,19,20). The summed E-state index contributed by atoms with van der Waals surface area (Å²) in [7, 11) is 0. The van der Waals surface area contributed by atoms with Crippen molar-refractivity contribution in [3.63, 3.8) is 0 Å². The highest BCUT2D eigenvalue weighted by Gasteiger charge is 2.51. The van der Waals surface area contributed by atoms with Gasteiger partial charge < -0.3 is 5.11 Å². The van der Waals surface area contributed by atoms with Gasteiger partial charge in [0.2, 0.25) is 11.8 Å². The van der Waals surface area contributed by atoms with Gasteiger partial charge in [0.25, 0.3) is 0 Å². The Morgan fingerprint density at radius 3 is 2.35 bits per heavy atom. The van der Waals surface area contributed by atoms with E-state index in [2.05, 4.69) is 15.9 Å². The Kier molecular flexibility index (Phi) is 3.12. The largest absolute Gasteiger partial charge is 0.478 e. The number of anilines is 1. The lowest BCUT2D eigenvalue weighted by Gasteiger charge is -2.19. The number of nitrogens with zero attached hydrogens (tertiary/aromatic N) is 1. The van der Waals surface area contributed by atoms with Crippen LogP contribution < -0.4 is 4.90 Å². The molecule has 0 bridgehead atoms. The number of hydrogen-bond acceptors (Lipinski definition) is 3. The Morgan fingerprint density at radius 1 is 1.20 bits per heavy atom. The fourth-order valence-electron chi connectivity index (χ4n) is 3.13. The molecule has 1 heterocycles. The molecule has 6 heteroatoms. The predicted molar refractivity (Wildman–Crippen MR) is 74.4 cm³/mol. The number of rotatable bonds is 2. The first kappa shape index (κ1) is 13.3. The number of carboxylic acids is 1. The molecule has 2 amide bonds. The molecule has 20 heavy (non-hydrogen) atoms. The van der Waals surface area contributed by atoms with Gasteiger partial charge in [-0.05, 0) is 40.9 Å². The molecular weight excluding hydrogens is 326 g/mol. The van der Waals surface area contributed by atoms with E-state index >= 15 is 0 Å². The minimum atomic E-state index is -1.15. The molecule has 2 fully saturated rings. The normalized spacial score (nSPS) is 25.1. The van der Waals surface area contributed by atoms with Crippen LogP contribution in [-0.2, 0) is 9.59 Å². The Bertz CT molecular complexity index is 606. The van der Waals surface area contributed by atoms with Crippen LogP contribution in [-0.4, -0.2) is 22.9 Å². The van der Waals surface area contributed by atoms with Crippen LogP contribution in [0.3, 0.4) is 0 Å². The maximum atomic E-state index is 12.4. The summed E-state index contributed by atoms with van der Waals surface area (Å²) in [5.74, 6) is -2.26. The number of imide groups is 1. The summed E-state index contributed by atoms with van der Waals surface area (Å²) < 4.78 is 0.444. The maximum absolute atomic E-state index is 12.4. The van der Waals surface area contributed by atoms with Gasteiger partial charge in [0.1, 0.15) is 0 Å². The van der Waals surface area contributed by atoms with Crippen LogP contribution in [0.2, 0.25) is 0 Å². The van der Waals surface area contributed by atoms with Crippen molar-refractivity contribution in [2.45, 2.75) is 19.3 Å². The number of carbonyl (C=O) groups is 3. The van der Waals surface area contributed by atoms with E-state index in [1.165, 1.54) is 6.07 Å². The smallest absolute Gasteiger partial charge is 0.337 e. The Balaban J connectivity index is 2.12. The van der Waals surface area contributed by atoms with Crippen molar-refractivity contribution in [1.82, 2.24) is 0 Å². The van der Waals surface area contributed by atoms with E-state index in [4.69, 9.17) is 0 Å². The molecule has 1 saturated heterocycles. The number of halogens is 1. The van der Waals surface area contributed by atoms with Crippen molar-refractivity contribution in [3.8, 4) is 0 Å². The molecule has 2 atom stereocenters. The van der Waals surface area contributed by atoms with Crippen molar-refractivity contribution >= 4 is 39.4 Å². The van der Waals surface area contributed by atoms with Crippen molar-refractivity contribution in [3.05, 3.63) is 28.2 Å². The van der Waals surface area contributed by atoms with Gasteiger partial charge in [-0.3, -0.25) is 9.59 Å². The molecule has 1 aromatic rings. The lowest BCUT2D eigenvalue weighted by molar-refractivity contribution is -0.122. The highest BCUT2D eigenvalue weighted by molar-refractivity contribution is 9.10. The second kappa shape index (κ2) is 4.70. The molecule has 5 nitrogen and oxygen atoms in total. The van der Waals surface area contributed by atoms with Crippen LogP contribution in [0.15, 0.2) is 22.7 Å². The molecule has 2 aliphatic rings. The highest BCUT2D eigenvalue weighted by Crippen LogP contribution is 2.44. The summed E-state index contributed by atoms with van der Waals surface area (Å²) >= 11 is 3.25. The van der Waals surface area contributed by atoms with E-state index in [1.54, 1.807) is 12.1 Å². The van der Waals surface area contributed by atoms with Gasteiger partial charge in [-0.1, -0.05) is 12.5 Å². The Hall–Kier alpha value is -1.69. The average molecular weight is 338 g/mol. The number of aromatic carboxylic acids is 1. The van der Waals surface area contributed by atoms with Crippen molar-refractivity contribution in [2.75, 3.05) is 4.90 Å². The summed E-state index contributed by atoms with van der Waals surface area (Å²) in [4.78, 5) is 37.2. The lowest BCUT2D eigenvalue weighted by Crippen LogP contribution is -2.33. The number of carbonyl (C=O) groups excluding carboxylic acids is 2. The predicted octanol–water partition coefficient (Wildman–Crippen LogP) is 2.44. The molecule has 0 radical (unpaired) electrons. The molecule has 1 aliphatic carbocycles. The van der Waals surface area contributed by atoms with Crippen LogP contribution in [0.4, 0.5) is 5.69 Å². The number of hydrogen-bond donors (Lipinski definition) is 1. The van der Waals surface area contributed by atoms with E-state index in [0.717, 1.165) is 11.3 Å². The summed E-state index contributed by atoms with van der Waals surface area (Å²) in [6, 6.07) is 4.61.